The van der Waals surface area contributed by atoms with E-state index in [1.54, 1.807) is 0 Å². The maximum Gasteiger partial charge on any atom is 0.0555 e. The zero-order valence-electron chi connectivity index (χ0n) is 24.3. The Labute approximate surface area is 263 Å². The van der Waals surface area contributed by atoms with Crippen LogP contribution in [0.5, 0.6) is 0 Å². The first kappa shape index (κ1) is 24.8. The number of hydrogen-bond acceptors (Lipinski definition) is 1. The first-order valence-corrected chi connectivity index (χ1v) is 16.2. The highest BCUT2D eigenvalue weighted by molar-refractivity contribution is 7.26. The van der Waals surface area contributed by atoms with Crippen LogP contribution in [-0.4, -0.2) is 9.13 Å². The molecule has 0 fully saturated rings. The largest absolute Gasteiger partial charge is 0.309 e. The van der Waals surface area contributed by atoms with Gasteiger partial charge in [0.05, 0.1) is 22.1 Å². The van der Waals surface area contributed by atoms with Crippen molar-refractivity contribution in [1.29, 1.82) is 0 Å². The highest BCUT2D eigenvalue weighted by Gasteiger charge is 2.19. The highest BCUT2D eigenvalue weighted by atomic mass is 32.1. The van der Waals surface area contributed by atoms with E-state index in [4.69, 9.17) is 0 Å². The average molecular weight is 591 g/mol. The van der Waals surface area contributed by atoms with Crippen LogP contribution in [0.3, 0.4) is 0 Å². The summed E-state index contributed by atoms with van der Waals surface area (Å²) in [4.78, 5) is 0. The van der Waals surface area contributed by atoms with Crippen LogP contribution < -0.4 is 0 Å². The summed E-state index contributed by atoms with van der Waals surface area (Å²) in [5.74, 6) is 0. The number of aromatic nitrogens is 2. The van der Waals surface area contributed by atoms with Crippen LogP contribution in [0.2, 0.25) is 0 Å². The Morgan fingerprint density at radius 2 is 0.956 bits per heavy atom. The molecule has 3 heteroatoms. The Hall–Kier alpha value is -5.64. The molecule has 0 saturated carbocycles. The Bertz CT molecular complexity index is 2730. The van der Waals surface area contributed by atoms with Gasteiger partial charge in [-0.15, -0.1) is 11.3 Å². The minimum Gasteiger partial charge on any atom is -0.309 e. The molecular formula is C42H26N2S. The first-order chi connectivity index (χ1) is 22.3. The molecule has 0 unspecified atom stereocenters. The van der Waals surface area contributed by atoms with E-state index in [2.05, 4.69) is 167 Å². The summed E-state index contributed by atoms with van der Waals surface area (Å²) in [7, 11) is 0. The van der Waals surface area contributed by atoms with E-state index in [-0.39, 0.29) is 0 Å². The molecule has 0 atom stereocenters. The topological polar surface area (TPSA) is 9.86 Å². The second kappa shape index (κ2) is 9.43. The van der Waals surface area contributed by atoms with Crippen LogP contribution in [0.1, 0.15) is 0 Å². The molecule has 0 N–H and O–H groups in total. The molecule has 10 rings (SSSR count). The van der Waals surface area contributed by atoms with Crippen molar-refractivity contribution in [1.82, 2.24) is 9.13 Å². The number of hydrogen-bond donors (Lipinski definition) is 0. The molecule has 0 aliphatic rings. The molecule has 3 aromatic heterocycles. The SMILES string of the molecule is c1ccc(-c2ccc(-n3c4ccccc4c4c5sc6cc7c8ccccc8n(-c8ccccc8)c7cc6c5ccc43)cc2)cc1. The van der Waals surface area contributed by atoms with E-state index in [9.17, 15) is 0 Å². The van der Waals surface area contributed by atoms with Crippen molar-refractivity contribution < 1.29 is 0 Å². The van der Waals surface area contributed by atoms with Gasteiger partial charge in [0.25, 0.3) is 0 Å². The molecular weight excluding hydrogens is 565 g/mol. The van der Waals surface area contributed by atoms with E-state index in [1.165, 1.54) is 86.3 Å². The molecule has 10 aromatic rings. The smallest absolute Gasteiger partial charge is 0.0555 e. The van der Waals surface area contributed by atoms with Gasteiger partial charge in [-0.25, -0.2) is 0 Å². The molecule has 7 aromatic carbocycles. The summed E-state index contributed by atoms with van der Waals surface area (Å²) in [6.07, 6.45) is 0. The Balaban J connectivity index is 1.25. The van der Waals surface area contributed by atoms with E-state index in [0.29, 0.717) is 0 Å². The number of rotatable bonds is 3. The predicted octanol–water partition coefficient (Wildman–Crippen LogP) is 11.9. The van der Waals surface area contributed by atoms with E-state index < -0.39 is 0 Å². The summed E-state index contributed by atoms with van der Waals surface area (Å²) < 4.78 is 7.51. The molecule has 0 aliphatic carbocycles. The molecule has 45 heavy (non-hydrogen) atoms. The monoisotopic (exact) mass is 590 g/mol. The van der Waals surface area contributed by atoms with Gasteiger partial charge in [-0.2, -0.15) is 0 Å². The normalized spacial score (nSPS) is 12.0. The highest BCUT2D eigenvalue weighted by Crippen LogP contribution is 2.45. The van der Waals surface area contributed by atoms with Gasteiger partial charge in [-0.1, -0.05) is 103 Å². The number of thiophene rings is 1. The molecule has 0 radical (unpaired) electrons. The number of fused-ring (bicyclic) bond motifs is 10. The van der Waals surface area contributed by atoms with E-state index in [0.717, 1.165) is 0 Å². The minimum atomic E-state index is 1.18. The molecule has 3 heterocycles. The third kappa shape index (κ3) is 3.56. The summed E-state index contributed by atoms with van der Waals surface area (Å²) >= 11 is 1.92. The van der Waals surface area contributed by atoms with Gasteiger partial charge in [0.15, 0.2) is 0 Å². The summed E-state index contributed by atoms with van der Waals surface area (Å²) in [6, 6.07) is 57.4. The quantitative estimate of drug-likeness (QED) is 0.194. The maximum atomic E-state index is 2.43. The third-order valence-electron chi connectivity index (χ3n) is 9.31. The predicted molar refractivity (Wildman–Crippen MR) is 193 cm³/mol. The second-order valence-electron chi connectivity index (χ2n) is 11.8. The average Bonchev–Trinajstić information content (AvgIpc) is 3.75. The van der Waals surface area contributed by atoms with Crippen molar-refractivity contribution in [2.75, 3.05) is 0 Å². The van der Waals surface area contributed by atoms with E-state index in [1.807, 2.05) is 11.3 Å². The van der Waals surface area contributed by atoms with Gasteiger partial charge in [-0.3, -0.25) is 0 Å². The fourth-order valence-corrected chi connectivity index (χ4v) is 8.59. The van der Waals surface area contributed by atoms with Crippen molar-refractivity contribution >= 4 is 75.1 Å². The Morgan fingerprint density at radius 1 is 0.356 bits per heavy atom. The fraction of sp³-hybridized carbons (Fsp3) is 0. The lowest BCUT2D eigenvalue weighted by Crippen LogP contribution is -1.93. The zero-order chi connectivity index (χ0) is 29.5. The lowest BCUT2D eigenvalue weighted by atomic mass is 10.1. The lowest BCUT2D eigenvalue weighted by molar-refractivity contribution is 1.18. The van der Waals surface area contributed by atoms with Crippen molar-refractivity contribution in [2.24, 2.45) is 0 Å². The number of para-hydroxylation sites is 3. The van der Waals surface area contributed by atoms with Crippen LogP contribution in [0.25, 0.3) is 86.3 Å². The zero-order valence-corrected chi connectivity index (χ0v) is 25.1. The molecule has 0 bridgehead atoms. The molecule has 0 spiro atoms. The van der Waals surface area contributed by atoms with Crippen molar-refractivity contribution in [3.63, 3.8) is 0 Å². The minimum absolute atomic E-state index is 1.18. The van der Waals surface area contributed by atoms with E-state index >= 15 is 0 Å². The first-order valence-electron chi connectivity index (χ1n) is 15.4. The number of nitrogens with zero attached hydrogens (tertiary/aromatic N) is 2. The second-order valence-corrected chi connectivity index (χ2v) is 12.8. The molecule has 0 amide bonds. The van der Waals surface area contributed by atoms with Gasteiger partial charge in [0, 0.05) is 53.1 Å². The summed E-state index contributed by atoms with van der Waals surface area (Å²) in [6.45, 7) is 0. The summed E-state index contributed by atoms with van der Waals surface area (Å²) in [5.41, 5.74) is 9.79. The molecule has 0 aliphatic heterocycles. The van der Waals surface area contributed by atoms with Gasteiger partial charge in [0.1, 0.15) is 0 Å². The Kier molecular flexibility index (Phi) is 5.19. The number of benzene rings is 7. The van der Waals surface area contributed by atoms with Crippen LogP contribution in [0.15, 0.2) is 158 Å². The third-order valence-corrected chi connectivity index (χ3v) is 10.5. The van der Waals surface area contributed by atoms with Crippen molar-refractivity contribution in [3.05, 3.63) is 158 Å². The van der Waals surface area contributed by atoms with Gasteiger partial charge in [-0.05, 0) is 65.7 Å². The Morgan fingerprint density at radius 3 is 1.73 bits per heavy atom. The van der Waals surface area contributed by atoms with Crippen molar-refractivity contribution in [3.8, 4) is 22.5 Å². The van der Waals surface area contributed by atoms with Gasteiger partial charge in [0.2, 0.25) is 0 Å². The molecule has 2 nitrogen and oxygen atoms in total. The standard InChI is InChI=1S/C42H26N2S/c1-3-11-27(12-4-1)28-19-21-30(22-20-28)43-37-18-10-8-16-33(37)41-38(43)24-23-32-35-25-39-34(26-40(35)45-42(32)41)31-15-7-9-17-36(31)44(39)29-13-5-2-6-14-29/h1-26H. The van der Waals surface area contributed by atoms with Gasteiger partial charge >= 0.3 is 0 Å². The van der Waals surface area contributed by atoms with Gasteiger partial charge < -0.3 is 9.13 Å². The lowest BCUT2D eigenvalue weighted by Gasteiger charge is -2.09. The summed E-state index contributed by atoms with van der Waals surface area (Å²) in [5, 5.41) is 7.84. The van der Waals surface area contributed by atoms with Crippen molar-refractivity contribution in [2.45, 2.75) is 0 Å². The van der Waals surface area contributed by atoms with Crippen LogP contribution in [0, 0.1) is 0 Å². The molecule has 210 valence electrons. The van der Waals surface area contributed by atoms with Crippen LogP contribution in [0.4, 0.5) is 0 Å². The maximum absolute atomic E-state index is 2.43. The van der Waals surface area contributed by atoms with Crippen LogP contribution in [-0.2, 0) is 0 Å². The molecule has 0 saturated heterocycles. The van der Waals surface area contributed by atoms with Crippen LogP contribution >= 0.6 is 11.3 Å². The fourth-order valence-electron chi connectivity index (χ4n) is 7.31.